The Morgan fingerprint density at radius 2 is 1.75 bits per heavy atom. The molecule has 2 rings (SSSR count). The van der Waals surface area contributed by atoms with Crippen LogP contribution in [0, 0.1) is 0 Å². The zero-order chi connectivity index (χ0) is 15.9. The van der Waals surface area contributed by atoms with Crippen LogP contribution in [0.2, 0.25) is 0 Å². The number of hydrogen-bond donors (Lipinski definition) is 2. The summed E-state index contributed by atoms with van der Waals surface area (Å²) in [6, 6.07) is 9.32. The van der Waals surface area contributed by atoms with Crippen molar-refractivity contribution in [1.29, 1.82) is 0 Å². The van der Waals surface area contributed by atoms with Crippen molar-refractivity contribution < 1.29 is 9.90 Å². The molecular formula is C17H29Cl2N3O2. The van der Waals surface area contributed by atoms with E-state index in [9.17, 15) is 9.90 Å². The van der Waals surface area contributed by atoms with Crippen molar-refractivity contribution in [3.63, 3.8) is 0 Å². The lowest BCUT2D eigenvalue weighted by Crippen LogP contribution is -2.53. The highest BCUT2D eigenvalue weighted by molar-refractivity contribution is 5.85. The third-order valence-electron chi connectivity index (χ3n) is 4.22. The van der Waals surface area contributed by atoms with Crippen LogP contribution in [-0.2, 0) is 4.79 Å². The maximum absolute atomic E-state index is 12.2. The maximum Gasteiger partial charge on any atom is 0.239 e. The van der Waals surface area contributed by atoms with E-state index in [1.54, 1.807) is 0 Å². The highest BCUT2D eigenvalue weighted by Crippen LogP contribution is 2.15. The molecule has 7 heteroatoms. The van der Waals surface area contributed by atoms with Gasteiger partial charge in [0, 0.05) is 32.7 Å². The van der Waals surface area contributed by atoms with E-state index < -0.39 is 6.10 Å². The molecule has 1 heterocycles. The van der Waals surface area contributed by atoms with E-state index in [4.69, 9.17) is 5.73 Å². The SMILES string of the molecule is CCCC(N)C(=O)N1CCN(CC(O)c2ccccc2)CC1.Cl.Cl. The first-order valence-corrected chi connectivity index (χ1v) is 8.11. The van der Waals surface area contributed by atoms with Crippen LogP contribution in [0.4, 0.5) is 0 Å². The number of hydrogen-bond acceptors (Lipinski definition) is 4. The number of aliphatic hydroxyl groups excluding tert-OH is 1. The van der Waals surface area contributed by atoms with E-state index >= 15 is 0 Å². The number of β-amino-alcohol motifs (C(OH)–C–C–N with tert-alkyl or cyclic N) is 1. The topological polar surface area (TPSA) is 69.8 Å². The minimum atomic E-state index is -0.481. The van der Waals surface area contributed by atoms with Crippen LogP contribution in [0.25, 0.3) is 0 Å². The number of halogens is 2. The van der Waals surface area contributed by atoms with Crippen molar-refractivity contribution in [3.05, 3.63) is 35.9 Å². The fraction of sp³-hybridized carbons (Fsp3) is 0.588. The summed E-state index contributed by atoms with van der Waals surface area (Å²) in [5, 5.41) is 10.3. The summed E-state index contributed by atoms with van der Waals surface area (Å²) in [6.45, 7) is 5.60. The Morgan fingerprint density at radius 3 is 2.29 bits per heavy atom. The molecule has 138 valence electrons. The van der Waals surface area contributed by atoms with E-state index in [2.05, 4.69) is 4.90 Å². The third kappa shape index (κ3) is 6.57. The normalized spacial score (nSPS) is 17.4. The number of rotatable bonds is 6. The molecule has 0 spiro atoms. The lowest BCUT2D eigenvalue weighted by molar-refractivity contribution is -0.134. The Kier molecular flexibility index (Phi) is 11.2. The summed E-state index contributed by atoms with van der Waals surface area (Å²) < 4.78 is 0. The number of aliphatic hydroxyl groups is 1. The van der Waals surface area contributed by atoms with Crippen molar-refractivity contribution in [2.75, 3.05) is 32.7 Å². The van der Waals surface area contributed by atoms with Gasteiger partial charge in [-0.3, -0.25) is 9.69 Å². The Morgan fingerprint density at radius 1 is 1.17 bits per heavy atom. The molecule has 0 aliphatic carbocycles. The third-order valence-corrected chi connectivity index (χ3v) is 4.22. The molecule has 0 bridgehead atoms. The van der Waals surface area contributed by atoms with Crippen LogP contribution in [0.3, 0.4) is 0 Å². The zero-order valence-corrected chi connectivity index (χ0v) is 15.8. The lowest BCUT2D eigenvalue weighted by atomic mass is 10.1. The number of nitrogens with zero attached hydrogens (tertiary/aromatic N) is 2. The molecule has 0 aromatic heterocycles. The van der Waals surface area contributed by atoms with Crippen molar-refractivity contribution in [3.8, 4) is 0 Å². The second kappa shape index (κ2) is 11.7. The molecule has 1 fully saturated rings. The standard InChI is InChI=1S/C17H27N3O2.2ClH/c1-2-6-15(18)17(22)20-11-9-19(10-12-20)13-16(21)14-7-4-3-5-8-14;;/h3-5,7-8,15-16,21H,2,6,9-13,18H2,1H3;2*1H. The van der Waals surface area contributed by atoms with Crippen molar-refractivity contribution in [2.24, 2.45) is 5.73 Å². The van der Waals surface area contributed by atoms with Crippen LogP contribution in [-0.4, -0.2) is 59.6 Å². The van der Waals surface area contributed by atoms with Gasteiger partial charge in [0.15, 0.2) is 0 Å². The fourth-order valence-corrected chi connectivity index (χ4v) is 2.84. The monoisotopic (exact) mass is 377 g/mol. The Hall–Kier alpha value is -0.850. The van der Waals surface area contributed by atoms with Gasteiger partial charge in [0.1, 0.15) is 0 Å². The minimum absolute atomic E-state index is 0. The number of amides is 1. The molecule has 24 heavy (non-hydrogen) atoms. The molecule has 5 nitrogen and oxygen atoms in total. The Balaban J connectivity index is 0.00000264. The summed E-state index contributed by atoms with van der Waals surface area (Å²) >= 11 is 0. The second-order valence-electron chi connectivity index (χ2n) is 5.95. The second-order valence-corrected chi connectivity index (χ2v) is 5.95. The average molecular weight is 378 g/mol. The highest BCUT2D eigenvalue weighted by Gasteiger charge is 2.25. The first-order valence-electron chi connectivity index (χ1n) is 8.11. The number of carbonyl (C=O) groups excluding carboxylic acids is 1. The van der Waals surface area contributed by atoms with Crippen molar-refractivity contribution in [1.82, 2.24) is 9.80 Å². The lowest BCUT2D eigenvalue weighted by Gasteiger charge is -2.36. The van der Waals surface area contributed by atoms with E-state index in [1.807, 2.05) is 42.2 Å². The van der Waals surface area contributed by atoms with E-state index in [-0.39, 0.29) is 36.8 Å². The molecular weight excluding hydrogens is 349 g/mol. The zero-order valence-electron chi connectivity index (χ0n) is 14.1. The van der Waals surface area contributed by atoms with Crippen LogP contribution < -0.4 is 5.73 Å². The average Bonchev–Trinajstić information content (AvgIpc) is 2.56. The van der Waals surface area contributed by atoms with Crippen molar-refractivity contribution in [2.45, 2.75) is 31.9 Å². The number of carbonyl (C=O) groups is 1. The molecule has 1 aromatic carbocycles. The molecule has 3 N–H and O–H groups in total. The summed E-state index contributed by atoms with van der Waals surface area (Å²) in [4.78, 5) is 16.2. The molecule has 1 amide bonds. The first-order chi connectivity index (χ1) is 10.6. The van der Waals surface area contributed by atoms with Gasteiger partial charge in [-0.05, 0) is 12.0 Å². The minimum Gasteiger partial charge on any atom is -0.387 e. The first kappa shape index (κ1) is 23.1. The smallest absolute Gasteiger partial charge is 0.239 e. The van der Waals surface area contributed by atoms with Gasteiger partial charge in [0.25, 0.3) is 0 Å². The van der Waals surface area contributed by atoms with Crippen LogP contribution in [0.1, 0.15) is 31.4 Å². The van der Waals surface area contributed by atoms with Crippen LogP contribution in [0.15, 0.2) is 30.3 Å². The fourth-order valence-electron chi connectivity index (χ4n) is 2.84. The van der Waals surface area contributed by atoms with Gasteiger partial charge in [-0.2, -0.15) is 0 Å². The summed E-state index contributed by atoms with van der Waals surface area (Å²) in [5.74, 6) is 0.0603. The van der Waals surface area contributed by atoms with Gasteiger partial charge in [-0.15, -0.1) is 24.8 Å². The van der Waals surface area contributed by atoms with E-state index in [0.29, 0.717) is 19.6 Å². The van der Waals surface area contributed by atoms with Gasteiger partial charge < -0.3 is 15.7 Å². The largest absolute Gasteiger partial charge is 0.387 e. The highest BCUT2D eigenvalue weighted by atomic mass is 35.5. The van der Waals surface area contributed by atoms with Gasteiger partial charge in [0.05, 0.1) is 12.1 Å². The summed E-state index contributed by atoms with van der Waals surface area (Å²) in [5.41, 5.74) is 6.84. The molecule has 0 saturated carbocycles. The molecule has 1 aliphatic heterocycles. The molecule has 0 radical (unpaired) electrons. The van der Waals surface area contributed by atoms with Gasteiger partial charge in [-0.1, -0.05) is 43.7 Å². The van der Waals surface area contributed by atoms with Gasteiger partial charge in [0.2, 0.25) is 5.91 Å². The predicted molar refractivity (Wildman–Crippen MR) is 102 cm³/mol. The quantitative estimate of drug-likeness (QED) is 0.793. The van der Waals surface area contributed by atoms with Crippen LogP contribution in [0.5, 0.6) is 0 Å². The van der Waals surface area contributed by atoms with E-state index in [1.165, 1.54) is 0 Å². The molecule has 1 aliphatic rings. The summed E-state index contributed by atoms with van der Waals surface area (Å²) in [7, 11) is 0. The Labute approximate surface area is 157 Å². The number of benzene rings is 1. The number of piperazine rings is 1. The van der Waals surface area contributed by atoms with E-state index in [0.717, 1.165) is 31.5 Å². The summed E-state index contributed by atoms with van der Waals surface area (Å²) in [6.07, 6.45) is 1.19. The Bertz CT molecular complexity index is 468. The van der Waals surface area contributed by atoms with Crippen LogP contribution >= 0.6 is 24.8 Å². The predicted octanol–water partition coefficient (Wildman–Crippen LogP) is 1.84. The van der Waals surface area contributed by atoms with Gasteiger partial charge >= 0.3 is 0 Å². The molecule has 1 saturated heterocycles. The molecule has 1 aromatic rings. The maximum atomic E-state index is 12.2. The number of nitrogens with two attached hydrogens (primary N) is 1. The molecule has 2 atom stereocenters. The molecule has 2 unspecified atom stereocenters. The van der Waals surface area contributed by atoms with Crippen molar-refractivity contribution >= 4 is 30.7 Å². The van der Waals surface area contributed by atoms with Gasteiger partial charge in [-0.25, -0.2) is 0 Å².